The van der Waals surface area contributed by atoms with Crippen LogP contribution >= 0.6 is 23.4 Å². The second-order valence-corrected chi connectivity index (χ2v) is 4.92. The van der Waals surface area contributed by atoms with E-state index in [4.69, 9.17) is 16.8 Å². The van der Waals surface area contributed by atoms with E-state index in [1.165, 1.54) is 24.0 Å². The van der Waals surface area contributed by atoms with Crippen LogP contribution in [0.25, 0.3) is 0 Å². The number of rotatable bonds is 4. The third kappa shape index (κ3) is 3.15. The van der Waals surface area contributed by atoms with Crippen molar-refractivity contribution in [1.82, 2.24) is 9.97 Å². The predicted molar refractivity (Wildman–Crippen MR) is 77.9 cm³/mol. The van der Waals surface area contributed by atoms with Gasteiger partial charge in [-0.1, -0.05) is 28.5 Å². The zero-order valence-corrected chi connectivity index (χ0v) is 12.0. The first-order valence-electron chi connectivity index (χ1n) is 5.55. The maximum absolute atomic E-state index is 12.3. The molecule has 7 heteroatoms. The van der Waals surface area contributed by atoms with Gasteiger partial charge in [-0.15, -0.1) is 0 Å². The Morgan fingerprint density at radius 3 is 2.60 bits per heavy atom. The van der Waals surface area contributed by atoms with E-state index in [0.717, 1.165) is 0 Å². The molecule has 1 aromatic heterocycles. The summed E-state index contributed by atoms with van der Waals surface area (Å²) in [6.45, 7) is 0. The minimum atomic E-state index is -0.435. The first kappa shape index (κ1) is 14.5. The average Bonchev–Trinajstić information content (AvgIpc) is 2.49. The van der Waals surface area contributed by atoms with Crippen molar-refractivity contribution in [2.24, 2.45) is 5.16 Å². The van der Waals surface area contributed by atoms with Gasteiger partial charge >= 0.3 is 0 Å². The van der Waals surface area contributed by atoms with E-state index in [9.17, 15) is 4.79 Å². The second kappa shape index (κ2) is 6.49. The molecule has 2 rings (SSSR count). The lowest BCUT2D eigenvalue weighted by Crippen LogP contribution is -2.17. The number of benzene rings is 1. The molecule has 1 N–H and O–H groups in total. The Balaban J connectivity index is 2.37. The number of halogens is 1. The largest absolute Gasteiger partial charge is 0.410 e. The van der Waals surface area contributed by atoms with Gasteiger partial charge in [0.25, 0.3) is 0 Å². The van der Waals surface area contributed by atoms with Crippen molar-refractivity contribution < 1.29 is 10.0 Å². The highest BCUT2D eigenvalue weighted by molar-refractivity contribution is 7.98. The van der Waals surface area contributed by atoms with E-state index in [1.54, 1.807) is 24.3 Å². The molecule has 0 unspecified atom stereocenters. The molecule has 102 valence electrons. The highest BCUT2D eigenvalue weighted by atomic mass is 35.5. The van der Waals surface area contributed by atoms with E-state index in [1.807, 2.05) is 6.26 Å². The Morgan fingerprint density at radius 1 is 1.30 bits per heavy atom. The molecule has 0 saturated carbocycles. The second-order valence-electron chi connectivity index (χ2n) is 3.71. The van der Waals surface area contributed by atoms with Gasteiger partial charge in [-0.25, -0.2) is 9.97 Å². The van der Waals surface area contributed by atoms with Crippen LogP contribution in [0.4, 0.5) is 0 Å². The standard InChI is InChI=1S/C13H10ClN3O2S/c1-20-13-15-7-6-10(16-13)11(17-19)12(18)8-2-4-9(14)5-3-8/h2-7,19H,1H3/b17-11+. The molecule has 0 bridgehead atoms. The Morgan fingerprint density at radius 2 is 2.00 bits per heavy atom. The molecule has 0 fully saturated rings. The monoisotopic (exact) mass is 307 g/mol. The van der Waals surface area contributed by atoms with Crippen molar-refractivity contribution in [2.45, 2.75) is 5.16 Å². The van der Waals surface area contributed by atoms with E-state index in [2.05, 4.69) is 15.1 Å². The fraction of sp³-hybridized carbons (Fsp3) is 0.0769. The Kier molecular flexibility index (Phi) is 4.70. The van der Waals surface area contributed by atoms with Crippen molar-refractivity contribution in [3.05, 3.63) is 52.8 Å². The van der Waals surface area contributed by atoms with Crippen LogP contribution in [0.2, 0.25) is 5.02 Å². The van der Waals surface area contributed by atoms with Gasteiger partial charge in [-0.05, 0) is 36.6 Å². The fourth-order valence-electron chi connectivity index (χ4n) is 1.52. The first-order chi connectivity index (χ1) is 9.65. The summed E-state index contributed by atoms with van der Waals surface area (Å²) in [7, 11) is 0. The van der Waals surface area contributed by atoms with E-state index < -0.39 is 5.78 Å². The summed E-state index contributed by atoms with van der Waals surface area (Å²) in [5.74, 6) is -0.435. The van der Waals surface area contributed by atoms with Gasteiger partial charge in [-0.3, -0.25) is 4.79 Å². The smallest absolute Gasteiger partial charge is 0.216 e. The van der Waals surface area contributed by atoms with Crippen LogP contribution in [0.1, 0.15) is 16.1 Å². The molecule has 0 atom stereocenters. The number of carbonyl (C=O) groups excluding carboxylic acids is 1. The first-order valence-corrected chi connectivity index (χ1v) is 7.15. The number of nitrogens with zero attached hydrogens (tertiary/aromatic N) is 3. The van der Waals surface area contributed by atoms with Gasteiger partial charge < -0.3 is 5.21 Å². The zero-order chi connectivity index (χ0) is 14.5. The predicted octanol–water partition coefficient (Wildman–Crippen LogP) is 2.91. The third-order valence-corrected chi connectivity index (χ3v) is 3.29. The molecular formula is C13H10ClN3O2S. The van der Waals surface area contributed by atoms with Crippen LogP contribution in [0.15, 0.2) is 46.8 Å². The molecule has 0 amide bonds. The summed E-state index contributed by atoms with van der Waals surface area (Å²) < 4.78 is 0. The number of ketones is 1. The molecule has 2 aromatic rings. The van der Waals surface area contributed by atoms with Crippen LogP contribution in [0.3, 0.4) is 0 Å². The lowest BCUT2D eigenvalue weighted by molar-refractivity contribution is 0.106. The number of aromatic nitrogens is 2. The molecule has 0 saturated heterocycles. The quantitative estimate of drug-likeness (QED) is 0.235. The molecule has 0 aliphatic rings. The van der Waals surface area contributed by atoms with Gasteiger partial charge in [0.2, 0.25) is 5.78 Å². The molecule has 0 aliphatic heterocycles. The van der Waals surface area contributed by atoms with E-state index in [0.29, 0.717) is 15.7 Å². The number of hydrogen-bond acceptors (Lipinski definition) is 6. The van der Waals surface area contributed by atoms with Crippen molar-refractivity contribution in [3.63, 3.8) is 0 Å². The molecule has 1 heterocycles. The Bertz CT molecular complexity index is 659. The van der Waals surface area contributed by atoms with Gasteiger partial charge in [-0.2, -0.15) is 0 Å². The van der Waals surface area contributed by atoms with Gasteiger partial charge in [0.15, 0.2) is 10.9 Å². The lowest BCUT2D eigenvalue weighted by atomic mass is 10.0. The van der Waals surface area contributed by atoms with E-state index >= 15 is 0 Å². The minimum absolute atomic E-state index is 0.134. The van der Waals surface area contributed by atoms with Crippen molar-refractivity contribution in [3.8, 4) is 0 Å². The number of oxime groups is 1. The molecule has 0 radical (unpaired) electrons. The topological polar surface area (TPSA) is 75.4 Å². The number of hydrogen-bond donors (Lipinski definition) is 1. The summed E-state index contributed by atoms with van der Waals surface area (Å²) >= 11 is 7.10. The normalized spacial score (nSPS) is 11.4. The van der Waals surface area contributed by atoms with Gasteiger partial charge in [0.1, 0.15) is 5.69 Å². The molecule has 0 spiro atoms. The minimum Gasteiger partial charge on any atom is -0.410 e. The SMILES string of the molecule is CSc1nccc(/C(=N\O)C(=O)c2ccc(Cl)cc2)n1. The van der Waals surface area contributed by atoms with Crippen molar-refractivity contribution in [2.75, 3.05) is 6.26 Å². The van der Waals surface area contributed by atoms with Gasteiger partial charge in [0, 0.05) is 16.8 Å². The summed E-state index contributed by atoms with van der Waals surface area (Å²) in [6.07, 6.45) is 3.32. The Labute approximate surface area is 124 Å². The number of thioether (sulfide) groups is 1. The number of carbonyl (C=O) groups is 1. The van der Waals surface area contributed by atoms with Crippen LogP contribution < -0.4 is 0 Å². The highest BCUT2D eigenvalue weighted by Crippen LogP contribution is 2.14. The van der Waals surface area contributed by atoms with Crippen LogP contribution in [-0.2, 0) is 0 Å². The molecular weight excluding hydrogens is 298 g/mol. The third-order valence-electron chi connectivity index (χ3n) is 2.48. The zero-order valence-electron chi connectivity index (χ0n) is 10.4. The molecule has 1 aromatic carbocycles. The maximum atomic E-state index is 12.3. The average molecular weight is 308 g/mol. The van der Waals surface area contributed by atoms with Crippen LogP contribution in [0, 0.1) is 0 Å². The van der Waals surface area contributed by atoms with Crippen LogP contribution in [-0.4, -0.2) is 32.9 Å². The summed E-state index contributed by atoms with van der Waals surface area (Å²) in [6, 6.07) is 7.83. The maximum Gasteiger partial charge on any atom is 0.216 e. The van der Waals surface area contributed by atoms with Crippen molar-refractivity contribution >= 4 is 34.9 Å². The number of Topliss-reactive ketones (excluding diaryl/α,β-unsaturated/α-hetero) is 1. The van der Waals surface area contributed by atoms with E-state index in [-0.39, 0.29) is 11.4 Å². The lowest BCUT2D eigenvalue weighted by Gasteiger charge is -2.04. The summed E-state index contributed by atoms with van der Waals surface area (Å²) in [5, 5.41) is 13.2. The van der Waals surface area contributed by atoms with Crippen LogP contribution in [0.5, 0.6) is 0 Å². The van der Waals surface area contributed by atoms with Crippen molar-refractivity contribution in [1.29, 1.82) is 0 Å². The van der Waals surface area contributed by atoms with Gasteiger partial charge in [0.05, 0.1) is 0 Å². The molecule has 0 aliphatic carbocycles. The molecule has 5 nitrogen and oxygen atoms in total. The molecule has 20 heavy (non-hydrogen) atoms. The fourth-order valence-corrected chi connectivity index (χ4v) is 2.00. The summed E-state index contributed by atoms with van der Waals surface area (Å²) in [4.78, 5) is 20.4. The summed E-state index contributed by atoms with van der Waals surface area (Å²) in [5.41, 5.74) is 0.503. The highest BCUT2D eigenvalue weighted by Gasteiger charge is 2.19. The Hall–Kier alpha value is -1.92.